The zero-order chi connectivity index (χ0) is 19.2. The van der Waals surface area contributed by atoms with Gasteiger partial charge >= 0.3 is 0 Å². The third-order valence-electron chi connectivity index (χ3n) is 4.09. The van der Waals surface area contributed by atoms with Crippen molar-refractivity contribution in [3.63, 3.8) is 0 Å². The van der Waals surface area contributed by atoms with Crippen LogP contribution in [0.4, 0.5) is 17.2 Å². The van der Waals surface area contributed by atoms with Gasteiger partial charge in [0.1, 0.15) is 17.3 Å². The van der Waals surface area contributed by atoms with E-state index in [9.17, 15) is 4.79 Å². The Balaban J connectivity index is 1.66. The molecule has 0 aliphatic rings. The van der Waals surface area contributed by atoms with Crippen molar-refractivity contribution in [3.8, 4) is 5.75 Å². The van der Waals surface area contributed by atoms with Crippen molar-refractivity contribution in [2.24, 2.45) is 0 Å². The number of amides is 1. The van der Waals surface area contributed by atoms with Gasteiger partial charge in [-0.15, -0.1) is 0 Å². The van der Waals surface area contributed by atoms with E-state index >= 15 is 0 Å². The highest BCUT2D eigenvalue weighted by atomic mass is 16.5. The molecule has 3 aromatic rings. The molecule has 1 amide bonds. The van der Waals surface area contributed by atoms with E-state index in [4.69, 9.17) is 4.74 Å². The van der Waals surface area contributed by atoms with Crippen molar-refractivity contribution in [3.05, 3.63) is 72.2 Å². The minimum Gasteiger partial charge on any atom is -0.495 e. The zero-order valence-electron chi connectivity index (χ0n) is 15.6. The Hall–Kier alpha value is -3.41. The van der Waals surface area contributed by atoms with Crippen LogP contribution < -0.4 is 15.4 Å². The van der Waals surface area contributed by atoms with Gasteiger partial charge in [0.15, 0.2) is 0 Å². The van der Waals surface area contributed by atoms with Crippen LogP contribution >= 0.6 is 0 Å². The highest BCUT2D eigenvalue weighted by Crippen LogP contribution is 2.25. The summed E-state index contributed by atoms with van der Waals surface area (Å²) in [7, 11) is 1.60. The van der Waals surface area contributed by atoms with Crippen molar-refractivity contribution in [2.75, 3.05) is 17.7 Å². The van der Waals surface area contributed by atoms with Gasteiger partial charge in [-0.1, -0.05) is 38.1 Å². The van der Waals surface area contributed by atoms with E-state index in [1.807, 2.05) is 48.5 Å². The van der Waals surface area contributed by atoms with E-state index in [0.29, 0.717) is 17.5 Å². The molecule has 0 atom stereocenters. The third kappa shape index (κ3) is 4.61. The fourth-order valence-electron chi connectivity index (χ4n) is 2.54. The molecular formula is C21H22N4O2. The Morgan fingerprint density at radius 2 is 1.74 bits per heavy atom. The molecule has 3 rings (SSSR count). The fourth-order valence-corrected chi connectivity index (χ4v) is 2.54. The van der Waals surface area contributed by atoms with E-state index in [1.54, 1.807) is 7.11 Å². The lowest BCUT2D eigenvalue weighted by Gasteiger charge is -2.10. The molecule has 1 aromatic heterocycles. The van der Waals surface area contributed by atoms with Crippen LogP contribution in [0.5, 0.6) is 5.75 Å². The molecule has 0 spiro atoms. The maximum Gasteiger partial charge on any atom is 0.275 e. The molecule has 0 unspecified atom stereocenters. The Bertz CT molecular complexity index is 906. The number of anilines is 3. The first kappa shape index (κ1) is 18.4. The molecule has 27 heavy (non-hydrogen) atoms. The van der Waals surface area contributed by atoms with E-state index < -0.39 is 0 Å². The fraction of sp³-hybridized carbons (Fsp3) is 0.190. The molecule has 138 valence electrons. The minimum atomic E-state index is -0.302. The van der Waals surface area contributed by atoms with Crippen LogP contribution in [0.15, 0.2) is 60.9 Å². The maximum atomic E-state index is 12.3. The number of aromatic nitrogens is 2. The van der Waals surface area contributed by atoms with Gasteiger partial charge in [0.05, 0.1) is 25.2 Å². The van der Waals surface area contributed by atoms with Gasteiger partial charge in [-0.25, -0.2) is 9.97 Å². The van der Waals surface area contributed by atoms with Crippen molar-refractivity contribution in [1.82, 2.24) is 9.97 Å². The molecule has 0 saturated carbocycles. The number of para-hydroxylation sites is 2. The van der Waals surface area contributed by atoms with E-state index in [1.165, 1.54) is 18.0 Å². The Labute approximate surface area is 158 Å². The Morgan fingerprint density at radius 3 is 2.37 bits per heavy atom. The first-order valence-electron chi connectivity index (χ1n) is 8.70. The van der Waals surface area contributed by atoms with E-state index in [2.05, 4.69) is 34.4 Å². The number of hydrogen-bond acceptors (Lipinski definition) is 5. The molecule has 1 heterocycles. The lowest BCUT2D eigenvalue weighted by Crippen LogP contribution is -2.14. The number of methoxy groups -OCH3 is 1. The Morgan fingerprint density at radius 1 is 1.00 bits per heavy atom. The number of carbonyl (C=O) groups is 1. The molecule has 0 aliphatic carbocycles. The van der Waals surface area contributed by atoms with Crippen molar-refractivity contribution in [2.45, 2.75) is 19.8 Å². The number of nitrogens with zero attached hydrogens (tertiary/aromatic N) is 2. The van der Waals surface area contributed by atoms with E-state index in [-0.39, 0.29) is 11.6 Å². The number of rotatable bonds is 6. The molecule has 0 saturated heterocycles. The summed E-state index contributed by atoms with van der Waals surface area (Å²) in [6.45, 7) is 4.26. The van der Waals surface area contributed by atoms with Gasteiger partial charge in [0, 0.05) is 5.69 Å². The van der Waals surface area contributed by atoms with Gasteiger partial charge in [-0.2, -0.15) is 0 Å². The summed E-state index contributed by atoms with van der Waals surface area (Å²) < 4.78 is 5.29. The third-order valence-corrected chi connectivity index (χ3v) is 4.09. The highest BCUT2D eigenvalue weighted by molar-refractivity contribution is 6.02. The van der Waals surface area contributed by atoms with Gasteiger partial charge in [0.2, 0.25) is 0 Å². The quantitative estimate of drug-likeness (QED) is 0.670. The molecule has 2 N–H and O–H groups in total. The molecule has 0 radical (unpaired) electrons. The average molecular weight is 362 g/mol. The molecule has 6 nitrogen and oxygen atoms in total. The molecule has 0 aliphatic heterocycles. The second-order valence-corrected chi connectivity index (χ2v) is 6.34. The molecule has 0 bridgehead atoms. The summed E-state index contributed by atoms with van der Waals surface area (Å²) in [5.41, 5.74) is 2.97. The smallest absolute Gasteiger partial charge is 0.275 e. The van der Waals surface area contributed by atoms with Crippen LogP contribution in [0.1, 0.15) is 35.8 Å². The summed E-state index contributed by atoms with van der Waals surface area (Å²) in [6, 6.07) is 15.3. The second kappa shape index (κ2) is 8.31. The van der Waals surface area contributed by atoms with Crippen molar-refractivity contribution < 1.29 is 9.53 Å². The van der Waals surface area contributed by atoms with Crippen LogP contribution in [-0.4, -0.2) is 23.0 Å². The summed E-state index contributed by atoms with van der Waals surface area (Å²) in [4.78, 5) is 20.8. The highest BCUT2D eigenvalue weighted by Gasteiger charge is 2.10. The van der Waals surface area contributed by atoms with Crippen LogP contribution in [0.3, 0.4) is 0 Å². The maximum absolute atomic E-state index is 12.3. The molecular weight excluding hydrogens is 340 g/mol. The van der Waals surface area contributed by atoms with Crippen LogP contribution in [0, 0.1) is 0 Å². The summed E-state index contributed by atoms with van der Waals surface area (Å²) >= 11 is 0. The van der Waals surface area contributed by atoms with Crippen LogP contribution in [-0.2, 0) is 0 Å². The molecule has 6 heteroatoms. The van der Waals surface area contributed by atoms with E-state index in [0.717, 1.165) is 11.4 Å². The van der Waals surface area contributed by atoms with Crippen molar-refractivity contribution in [1.29, 1.82) is 0 Å². The van der Waals surface area contributed by atoms with Crippen LogP contribution in [0.2, 0.25) is 0 Å². The van der Waals surface area contributed by atoms with Crippen LogP contribution in [0.25, 0.3) is 0 Å². The number of nitrogens with one attached hydrogen (secondary N) is 2. The predicted molar refractivity (Wildman–Crippen MR) is 107 cm³/mol. The number of hydrogen-bond donors (Lipinski definition) is 2. The average Bonchev–Trinajstić information content (AvgIpc) is 2.69. The minimum absolute atomic E-state index is 0.244. The first-order valence-corrected chi connectivity index (χ1v) is 8.70. The topological polar surface area (TPSA) is 76.1 Å². The monoisotopic (exact) mass is 362 g/mol. The van der Waals surface area contributed by atoms with Gasteiger partial charge in [-0.3, -0.25) is 4.79 Å². The van der Waals surface area contributed by atoms with Gasteiger partial charge in [0.25, 0.3) is 5.91 Å². The summed E-state index contributed by atoms with van der Waals surface area (Å²) in [5, 5.41) is 5.96. The lowest BCUT2D eigenvalue weighted by molar-refractivity contribution is 0.102. The summed E-state index contributed by atoms with van der Waals surface area (Å²) in [5.74, 6) is 1.37. The van der Waals surface area contributed by atoms with Gasteiger partial charge < -0.3 is 15.4 Å². The number of carbonyl (C=O) groups excluding carboxylic acids is 1. The molecule has 0 fully saturated rings. The number of benzene rings is 2. The predicted octanol–water partition coefficient (Wildman–Crippen LogP) is 4.60. The number of ether oxygens (including phenoxy) is 1. The molecule has 2 aromatic carbocycles. The Kier molecular flexibility index (Phi) is 5.66. The second-order valence-electron chi connectivity index (χ2n) is 6.34. The normalized spacial score (nSPS) is 10.5. The SMILES string of the molecule is COc1ccccc1Nc1cnc(C(=O)Nc2ccc(C(C)C)cc2)cn1. The first-order chi connectivity index (χ1) is 13.1. The zero-order valence-corrected chi connectivity index (χ0v) is 15.6. The largest absolute Gasteiger partial charge is 0.495 e. The lowest BCUT2D eigenvalue weighted by atomic mass is 10.0. The summed E-state index contributed by atoms with van der Waals surface area (Å²) in [6.07, 6.45) is 2.96. The van der Waals surface area contributed by atoms with Gasteiger partial charge in [-0.05, 0) is 35.7 Å². The van der Waals surface area contributed by atoms with Crippen molar-refractivity contribution >= 4 is 23.1 Å². The standard InChI is InChI=1S/C21H22N4O2/c1-14(2)15-8-10-16(11-9-15)24-21(26)18-12-23-20(13-22-18)25-17-6-4-5-7-19(17)27-3/h4-14H,1-3H3,(H,23,25)(H,24,26).